The molecule has 0 spiro atoms. The summed E-state index contributed by atoms with van der Waals surface area (Å²) in [5.74, 6) is 0.791. The van der Waals surface area contributed by atoms with Crippen molar-refractivity contribution in [2.45, 2.75) is 59.9 Å². The van der Waals surface area contributed by atoms with Crippen molar-refractivity contribution in [3.63, 3.8) is 0 Å². The van der Waals surface area contributed by atoms with Gasteiger partial charge in [-0.2, -0.15) is 0 Å². The van der Waals surface area contributed by atoms with Gasteiger partial charge in [-0.1, -0.05) is 20.8 Å². The van der Waals surface area contributed by atoms with E-state index in [1.165, 1.54) is 12.8 Å². The minimum absolute atomic E-state index is 0.250. The molecule has 2 aliphatic rings. The summed E-state index contributed by atoms with van der Waals surface area (Å²) >= 11 is 0. The predicted octanol–water partition coefficient (Wildman–Crippen LogP) is 5.53. The van der Waals surface area contributed by atoms with Crippen molar-refractivity contribution >= 4 is 14.3 Å². The van der Waals surface area contributed by atoms with Crippen LogP contribution in [0, 0.1) is 11.3 Å². The third-order valence-corrected chi connectivity index (χ3v) is 10.5. The molecule has 2 aliphatic heterocycles. The first-order valence-electron chi connectivity index (χ1n) is 9.49. The average Bonchev–Trinajstić information content (AvgIpc) is 2.36. The van der Waals surface area contributed by atoms with Crippen LogP contribution in [0.4, 0.5) is 0 Å². The molecular formula is C19H41NO2P2. The van der Waals surface area contributed by atoms with Gasteiger partial charge >= 0.3 is 0 Å². The van der Waals surface area contributed by atoms with Gasteiger partial charge in [0.1, 0.15) is 0 Å². The first-order chi connectivity index (χ1) is 10.6. The van der Waals surface area contributed by atoms with Gasteiger partial charge < -0.3 is 9.13 Å². The summed E-state index contributed by atoms with van der Waals surface area (Å²) in [6.45, 7) is 19.5. The number of nitrogens with zero attached hydrogens (tertiary/aromatic N) is 1. The maximum atomic E-state index is 11.7. The average molecular weight is 377 g/mol. The Kier molecular flexibility index (Phi) is 7.46. The van der Waals surface area contributed by atoms with Crippen LogP contribution in [0.25, 0.3) is 0 Å². The van der Waals surface area contributed by atoms with Crippen molar-refractivity contribution in [1.82, 2.24) is 4.90 Å². The molecule has 0 aromatic heterocycles. The molecule has 5 heteroatoms. The molecule has 0 amide bonds. The van der Waals surface area contributed by atoms with Crippen LogP contribution in [0.5, 0.6) is 0 Å². The molecule has 0 aromatic carbocycles. The summed E-state index contributed by atoms with van der Waals surface area (Å²) < 4.78 is 23.4. The maximum absolute atomic E-state index is 11.7. The van der Waals surface area contributed by atoms with Gasteiger partial charge in [-0.3, -0.25) is 4.90 Å². The zero-order valence-electron chi connectivity index (χ0n) is 17.4. The van der Waals surface area contributed by atoms with Gasteiger partial charge in [-0.25, -0.2) is 0 Å². The quantitative estimate of drug-likeness (QED) is 0.521. The van der Waals surface area contributed by atoms with Crippen molar-refractivity contribution in [1.29, 1.82) is 0 Å². The van der Waals surface area contributed by atoms with E-state index in [4.69, 9.17) is 0 Å². The van der Waals surface area contributed by atoms with Crippen LogP contribution in [-0.4, -0.2) is 61.5 Å². The van der Waals surface area contributed by atoms with Gasteiger partial charge in [-0.05, 0) is 58.3 Å². The first-order valence-corrected chi connectivity index (χ1v) is 14.5. The van der Waals surface area contributed by atoms with Gasteiger partial charge in [-0.15, -0.1) is 0 Å². The van der Waals surface area contributed by atoms with Gasteiger partial charge in [0.25, 0.3) is 0 Å². The van der Waals surface area contributed by atoms with Crippen molar-refractivity contribution in [3.8, 4) is 0 Å². The van der Waals surface area contributed by atoms with E-state index in [0.29, 0.717) is 5.41 Å². The fraction of sp³-hybridized carbons (Fsp3) is 1.00. The summed E-state index contributed by atoms with van der Waals surface area (Å²) in [6, 6.07) is 0. The van der Waals surface area contributed by atoms with Crippen LogP contribution >= 0.6 is 14.3 Å². The Balaban J connectivity index is 0.000000240. The minimum atomic E-state index is -1.74. The molecule has 144 valence electrons. The van der Waals surface area contributed by atoms with Crippen LogP contribution in [0.3, 0.4) is 0 Å². The van der Waals surface area contributed by atoms with E-state index in [1.54, 1.807) is 0 Å². The van der Waals surface area contributed by atoms with E-state index in [-0.39, 0.29) is 5.54 Å². The van der Waals surface area contributed by atoms with Gasteiger partial charge in [0, 0.05) is 43.3 Å². The Morgan fingerprint density at radius 3 is 1.46 bits per heavy atom. The summed E-state index contributed by atoms with van der Waals surface area (Å²) in [7, 11) is -3.43. The van der Waals surface area contributed by atoms with E-state index >= 15 is 0 Å². The van der Waals surface area contributed by atoms with Crippen LogP contribution in [-0.2, 0) is 9.13 Å². The van der Waals surface area contributed by atoms with Crippen LogP contribution in [0.1, 0.15) is 54.4 Å². The van der Waals surface area contributed by atoms with Crippen molar-refractivity contribution in [3.05, 3.63) is 0 Å². The summed E-state index contributed by atoms with van der Waals surface area (Å²) in [5, 5.41) is 0. The number of hydrogen-bond acceptors (Lipinski definition) is 3. The van der Waals surface area contributed by atoms with Crippen molar-refractivity contribution in [2.75, 3.05) is 51.1 Å². The Morgan fingerprint density at radius 2 is 1.12 bits per heavy atom. The second-order valence-corrected chi connectivity index (χ2v) is 17.3. The smallest absolute Gasteiger partial charge is 0.0873 e. The molecule has 0 aromatic rings. The molecule has 24 heavy (non-hydrogen) atoms. The molecular weight excluding hydrogens is 336 g/mol. The Hall–Kier alpha value is 0.420. The summed E-state index contributed by atoms with van der Waals surface area (Å²) in [5.41, 5.74) is 0.668. The third kappa shape index (κ3) is 7.76. The minimum Gasteiger partial charge on any atom is -0.324 e. The van der Waals surface area contributed by atoms with E-state index in [1.807, 2.05) is 13.3 Å². The second kappa shape index (κ2) is 7.98. The standard InChI is InChI=1S/C10H21OP.C9H20NOP/c1-10(2,3)9-5-7-12(4,11)8-6-9;1-9(2,3)10-5-7-12(4,11)8-6-10/h9H,5-8H2,1-4H3;5-8H2,1-4H3. The Morgan fingerprint density at radius 1 is 0.750 bits per heavy atom. The van der Waals surface area contributed by atoms with E-state index in [9.17, 15) is 9.13 Å². The third-order valence-electron chi connectivity index (χ3n) is 5.76. The molecule has 0 N–H and O–H groups in total. The normalized spacial score (nSPS) is 31.9. The Bertz CT molecular complexity index is 432. The SMILES string of the molecule is CC(C)(C)C1CCP(C)(=O)CC1.CC(C)(C)N1CCP(C)(=O)CC1. The van der Waals surface area contributed by atoms with E-state index in [0.717, 1.165) is 43.7 Å². The lowest BCUT2D eigenvalue weighted by molar-refractivity contribution is 0.150. The second-order valence-electron chi connectivity index (χ2n) is 10.3. The molecule has 0 atom stereocenters. The largest absolute Gasteiger partial charge is 0.324 e. The van der Waals surface area contributed by atoms with Gasteiger partial charge in [0.15, 0.2) is 0 Å². The summed E-state index contributed by atoms with van der Waals surface area (Å²) in [6.07, 6.45) is 6.13. The lowest BCUT2D eigenvalue weighted by atomic mass is 9.77. The number of hydrogen-bond donors (Lipinski definition) is 0. The molecule has 2 fully saturated rings. The molecule has 2 rings (SSSR count). The van der Waals surface area contributed by atoms with Crippen LogP contribution in [0.2, 0.25) is 0 Å². The monoisotopic (exact) mass is 377 g/mol. The van der Waals surface area contributed by atoms with E-state index in [2.05, 4.69) is 46.4 Å². The molecule has 3 nitrogen and oxygen atoms in total. The zero-order chi connectivity index (χ0) is 18.8. The predicted molar refractivity (Wildman–Crippen MR) is 110 cm³/mol. The van der Waals surface area contributed by atoms with Crippen LogP contribution in [0.15, 0.2) is 0 Å². The molecule has 0 radical (unpaired) electrons. The molecule has 2 heterocycles. The van der Waals surface area contributed by atoms with Crippen molar-refractivity contribution in [2.24, 2.45) is 11.3 Å². The molecule has 2 saturated heterocycles. The molecule has 0 unspecified atom stereocenters. The topological polar surface area (TPSA) is 37.4 Å². The fourth-order valence-corrected chi connectivity index (χ4v) is 7.03. The highest BCUT2D eigenvalue weighted by molar-refractivity contribution is 7.63. The van der Waals surface area contributed by atoms with Crippen molar-refractivity contribution < 1.29 is 9.13 Å². The van der Waals surface area contributed by atoms with Crippen LogP contribution < -0.4 is 0 Å². The number of rotatable bonds is 0. The Labute approximate surface area is 151 Å². The van der Waals surface area contributed by atoms with E-state index < -0.39 is 14.3 Å². The summed E-state index contributed by atoms with van der Waals surface area (Å²) in [4.78, 5) is 2.42. The first kappa shape index (κ1) is 22.5. The molecule has 0 saturated carbocycles. The highest BCUT2D eigenvalue weighted by atomic mass is 31.2. The maximum Gasteiger partial charge on any atom is 0.0873 e. The van der Waals surface area contributed by atoms with Gasteiger partial charge in [0.05, 0.1) is 14.3 Å². The zero-order valence-corrected chi connectivity index (χ0v) is 19.2. The lowest BCUT2D eigenvalue weighted by Crippen LogP contribution is -2.46. The highest BCUT2D eigenvalue weighted by Gasteiger charge is 2.32. The lowest BCUT2D eigenvalue weighted by Gasteiger charge is -2.40. The fourth-order valence-electron chi connectivity index (χ4n) is 3.54. The van der Waals surface area contributed by atoms with Gasteiger partial charge in [0.2, 0.25) is 0 Å². The molecule has 0 bridgehead atoms. The molecule has 0 aliphatic carbocycles. The highest BCUT2D eigenvalue weighted by Crippen LogP contribution is 2.51.